The Morgan fingerprint density at radius 3 is 2.53 bits per heavy atom. The average molecular weight is 505 g/mol. The minimum Gasteiger partial charge on any atom is -0.475 e. The van der Waals surface area contributed by atoms with E-state index < -0.39 is 23.7 Å². The quantitative estimate of drug-likeness (QED) is 0.235. The van der Waals surface area contributed by atoms with E-state index in [1.807, 2.05) is 35.7 Å². The molecule has 1 saturated carbocycles. The highest BCUT2D eigenvalue weighted by Crippen LogP contribution is 2.45. The van der Waals surface area contributed by atoms with Crippen LogP contribution in [0.5, 0.6) is 5.88 Å². The predicted octanol–water partition coefficient (Wildman–Crippen LogP) is 4.87. The summed E-state index contributed by atoms with van der Waals surface area (Å²) in [5.74, 6) is -2.49. The molecule has 2 unspecified atom stereocenters. The zero-order valence-electron chi connectivity index (χ0n) is 20.1. The number of Topliss-reactive ketones (excluding diaryl/α,β-unsaturated/α-hetero) is 2. The molecule has 36 heavy (non-hydrogen) atoms. The smallest absolute Gasteiger partial charge is 0.295 e. The van der Waals surface area contributed by atoms with Crippen molar-refractivity contribution in [2.75, 3.05) is 25.2 Å². The lowest BCUT2D eigenvalue weighted by atomic mass is 9.83. The van der Waals surface area contributed by atoms with Gasteiger partial charge in [0.15, 0.2) is 0 Å². The number of benzene rings is 1. The number of thiophene rings is 1. The maximum Gasteiger partial charge on any atom is 0.295 e. The third-order valence-corrected chi connectivity index (χ3v) is 7.70. The number of methoxy groups -OCH3 is 1. The first-order valence-electron chi connectivity index (χ1n) is 12.2. The fraction of sp³-hybridized carbons (Fsp3) is 0.357. The van der Waals surface area contributed by atoms with Gasteiger partial charge in [0.1, 0.15) is 18.3 Å². The number of ether oxygens (including phenoxy) is 2. The Kier molecular flexibility index (Phi) is 7.25. The van der Waals surface area contributed by atoms with Crippen LogP contribution in [0, 0.1) is 11.8 Å². The number of rotatable bonds is 9. The molecule has 0 N–H and O–H groups in total. The molecule has 1 saturated heterocycles. The molecule has 5 rings (SSSR count). The Hall–Kier alpha value is -3.36. The molecule has 8 heteroatoms. The summed E-state index contributed by atoms with van der Waals surface area (Å²) in [5.41, 5.74) is 3.21. The van der Waals surface area contributed by atoms with E-state index >= 15 is 0 Å². The summed E-state index contributed by atoms with van der Waals surface area (Å²) in [6.07, 6.45) is 5.02. The molecule has 1 aliphatic heterocycles. The molecule has 3 heterocycles. The Balaban J connectivity index is 1.57. The number of amides is 1. The van der Waals surface area contributed by atoms with Gasteiger partial charge in [0.25, 0.3) is 5.91 Å². The van der Waals surface area contributed by atoms with E-state index in [1.54, 1.807) is 36.8 Å². The number of carbonyl (C=O) groups excluding carboxylic acids is 3. The first kappa shape index (κ1) is 24.3. The van der Waals surface area contributed by atoms with E-state index in [4.69, 9.17) is 9.47 Å². The van der Waals surface area contributed by atoms with Gasteiger partial charge >= 0.3 is 0 Å². The number of anilines is 1. The molecule has 2 atom stereocenters. The van der Waals surface area contributed by atoms with E-state index in [1.165, 1.54) is 4.90 Å². The van der Waals surface area contributed by atoms with Crippen LogP contribution in [0.2, 0.25) is 0 Å². The van der Waals surface area contributed by atoms with Gasteiger partial charge in [0, 0.05) is 30.5 Å². The Labute approximate surface area is 214 Å². The van der Waals surface area contributed by atoms with Crippen LogP contribution >= 0.6 is 11.3 Å². The number of ketones is 2. The Morgan fingerprint density at radius 1 is 1.06 bits per heavy atom. The number of pyridine rings is 1. The van der Waals surface area contributed by atoms with Gasteiger partial charge in [-0.25, -0.2) is 4.98 Å². The molecular formula is C28H28N2O5S. The van der Waals surface area contributed by atoms with E-state index in [0.29, 0.717) is 23.7 Å². The highest BCUT2D eigenvalue weighted by molar-refractivity contribution is 7.08. The second-order valence-corrected chi connectivity index (χ2v) is 9.92. The van der Waals surface area contributed by atoms with Gasteiger partial charge in [-0.1, -0.05) is 25.0 Å². The van der Waals surface area contributed by atoms with Crippen molar-refractivity contribution in [2.45, 2.75) is 31.7 Å². The van der Waals surface area contributed by atoms with Gasteiger partial charge in [-0.15, -0.1) is 0 Å². The topological polar surface area (TPSA) is 85.8 Å². The average Bonchev–Trinajstić information content (AvgIpc) is 3.67. The lowest BCUT2D eigenvalue weighted by molar-refractivity contribution is -0.140. The summed E-state index contributed by atoms with van der Waals surface area (Å²) in [4.78, 5) is 46.4. The van der Waals surface area contributed by atoms with Crippen LogP contribution in [0.15, 0.2) is 59.4 Å². The van der Waals surface area contributed by atoms with Crippen LogP contribution in [-0.2, 0) is 19.1 Å². The van der Waals surface area contributed by atoms with Crippen molar-refractivity contribution in [1.29, 1.82) is 0 Å². The minimum atomic E-state index is -1.09. The van der Waals surface area contributed by atoms with Crippen LogP contribution in [0.1, 0.15) is 37.3 Å². The molecule has 0 spiro atoms. The molecule has 0 bridgehead atoms. The lowest BCUT2D eigenvalue weighted by Crippen LogP contribution is -2.33. The van der Waals surface area contributed by atoms with E-state index in [2.05, 4.69) is 10.4 Å². The van der Waals surface area contributed by atoms with Crippen molar-refractivity contribution in [3.63, 3.8) is 0 Å². The Bertz CT molecular complexity index is 1240. The molecule has 186 valence electrons. The van der Waals surface area contributed by atoms with Crippen molar-refractivity contribution < 1.29 is 23.9 Å². The molecule has 2 aromatic heterocycles. The SMILES string of the molecule is COCCOc1ncccc1C1C(C(=O)C2CCCC2)C(=O)C(=O)N1c1ccc(-c2ccsc2)cc1. The first-order chi connectivity index (χ1) is 17.6. The molecule has 0 radical (unpaired) electrons. The van der Waals surface area contributed by atoms with Crippen LogP contribution in [0.4, 0.5) is 5.69 Å². The highest BCUT2D eigenvalue weighted by atomic mass is 32.1. The molecule has 2 fully saturated rings. The van der Waals surface area contributed by atoms with E-state index in [0.717, 1.165) is 36.8 Å². The number of hydrogen-bond acceptors (Lipinski definition) is 7. The predicted molar refractivity (Wildman–Crippen MR) is 137 cm³/mol. The molecule has 1 aliphatic carbocycles. The van der Waals surface area contributed by atoms with Crippen molar-refractivity contribution in [2.24, 2.45) is 11.8 Å². The zero-order chi connectivity index (χ0) is 25.1. The van der Waals surface area contributed by atoms with Gasteiger partial charge in [-0.2, -0.15) is 11.3 Å². The van der Waals surface area contributed by atoms with Crippen LogP contribution in [0.25, 0.3) is 11.1 Å². The molecule has 3 aromatic rings. The second-order valence-electron chi connectivity index (χ2n) is 9.14. The second kappa shape index (κ2) is 10.7. The van der Waals surface area contributed by atoms with Gasteiger partial charge < -0.3 is 9.47 Å². The summed E-state index contributed by atoms with van der Waals surface area (Å²) in [6, 6.07) is 12.2. The van der Waals surface area contributed by atoms with E-state index in [-0.39, 0.29) is 18.3 Å². The van der Waals surface area contributed by atoms with Gasteiger partial charge in [0.2, 0.25) is 11.7 Å². The molecule has 2 aliphatic rings. The van der Waals surface area contributed by atoms with Crippen LogP contribution in [-0.4, -0.2) is 42.8 Å². The maximum absolute atomic E-state index is 13.7. The number of hydrogen-bond donors (Lipinski definition) is 0. The van der Waals surface area contributed by atoms with Crippen molar-refractivity contribution in [3.8, 4) is 17.0 Å². The lowest BCUT2D eigenvalue weighted by Gasteiger charge is -2.29. The Morgan fingerprint density at radius 2 is 1.83 bits per heavy atom. The van der Waals surface area contributed by atoms with Gasteiger partial charge in [0.05, 0.1) is 12.6 Å². The summed E-state index contributed by atoms with van der Waals surface area (Å²) < 4.78 is 11.0. The van der Waals surface area contributed by atoms with Crippen LogP contribution in [0.3, 0.4) is 0 Å². The fourth-order valence-corrected chi connectivity index (χ4v) is 5.89. The number of nitrogens with zero attached hydrogens (tertiary/aromatic N) is 2. The zero-order valence-corrected chi connectivity index (χ0v) is 20.9. The fourth-order valence-electron chi connectivity index (χ4n) is 5.23. The standard InChI is InChI=1S/C28H28N2O5S/c1-34-14-15-35-27-22(7-4-13-29-27)24-23(25(31)19-5-2-3-6-19)26(32)28(33)30(24)21-10-8-18(9-11-21)20-12-16-36-17-20/h4,7-13,16-17,19,23-24H,2-3,5-6,14-15H2,1H3. The van der Waals surface area contributed by atoms with Gasteiger partial charge in [-0.3, -0.25) is 19.3 Å². The van der Waals surface area contributed by atoms with Crippen LogP contribution < -0.4 is 9.64 Å². The molecule has 1 aromatic carbocycles. The molecular weight excluding hydrogens is 476 g/mol. The van der Waals surface area contributed by atoms with Crippen molar-refractivity contribution >= 4 is 34.5 Å². The summed E-state index contributed by atoms with van der Waals surface area (Å²) >= 11 is 1.61. The third-order valence-electron chi connectivity index (χ3n) is 7.02. The van der Waals surface area contributed by atoms with E-state index in [9.17, 15) is 14.4 Å². The van der Waals surface area contributed by atoms with Crippen molar-refractivity contribution in [1.82, 2.24) is 4.98 Å². The highest BCUT2D eigenvalue weighted by Gasteiger charge is 2.54. The number of carbonyl (C=O) groups is 3. The summed E-state index contributed by atoms with van der Waals surface area (Å²) in [7, 11) is 1.58. The molecule has 7 nitrogen and oxygen atoms in total. The number of aromatic nitrogens is 1. The summed E-state index contributed by atoms with van der Waals surface area (Å²) in [6.45, 7) is 0.614. The minimum absolute atomic E-state index is 0.153. The monoisotopic (exact) mass is 504 g/mol. The normalized spacial score (nSPS) is 20.3. The van der Waals surface area contributed by atoms with Gasteiger partial charge in [-0.05, 0) is 65.1 Å². The van der Waals surface area contributed by atoms with Crippen molar-refractivity contribution in [3.05, 3.63) is 65.0 Å². The largest absolute Gasteiger partial charge is 0.475 e. The molecule has 1 amide bonds. The maximum atomic E-state index is 13.7. The third kappa shape index (κ3) is 4.58. The first-order valence-corrected chi connectivity index (χ1v) is 13.1. The summed E-state index contributed by atoms with van der Waals surface area (Å²) in [5, 5.41) is 4.06.